The minimum absolute atomic E-state index is 0.153. The van der Waals surface area contributed by atoms with Crippen LogP contribution in [-0.4, -0.2) is 18.2 Å². The molecule has 0 aliphatic heterocycles. The predicted octanol–water partition coefficient (Wildman–Crippen LogP) is 3.90. The summed E-state index contributed by atoms with van der Waals surface area (Å²) in [4.78, 5) is 11.4. The van der Waals surface area contributed by atoms with Crippen molar-refractivity contribution >= 4 is 17.6 Å². The van der Waals surface area contributed by atoms with Crippen molar-refractivity contribution in [3.63, 3.8) is 0 Å². The minimum atomic E-state index is -1.08. The lowest BCUT2D eigenvalue weighted by molar-refractivity contribution is -0.138. The first-order chi connectivity index (χ1) is 10.0. The Bertz CT molecular complexity index is 658. The van der Waals surface area contributed by atoms with Crippen molar-refractivity contribution in [1.29, 1.82) is 0 Å². The van der Waals surface area contributed by atoms with Crippen molar-refractivity contribution in [3.05, 3.63) is 64.4 Å². The van der Waals surface area contributed by atoms with Crippen LogP contribution in [0.5, 0.6) is 5.75 Å². The summed E-state index contributed by atoms with van der Waals surface area (Å²) in [5.41, 5.74) is 0.869. The number of rotatable bonds is 5. The van der Waals surface area contributed by atoms with Gasteiger partial charge in [-0.25, -0.2) is 4.39 Å². The molecule has 2 aromatic rings. The molecule has 0 aromatic heterocycles. The van der Waals surface area contributed by atoms with E-state index in [0.717, 1.165) is 0 Å². The molecule has 0 radical (unpaired) electrons. The van der Waals surface area contributed by atoms with Gasteiger partial charge < -0.3 is 9.84 Å². The Hall–Kier alpha value is -2.07. The van der Waals surface area contributed by atoms with Gasteiger partial charge in [-0.2, -0.15) is 0 Å². The number of ether oxygens (including phenoxy) is 1. The molecule has 0 aliphatic rings. The second-order valence-corrected chi connectivity index (χ2v) is 4.99. The molecule has 21 heavy (non-hydrogen) atoms. The minimum Gasteiger partial charge on any atom is -0.495 e. The van der Waals surface area contributed by atoms with E-state index < -0.39 is 17.7 Å². The molecule has 0 spiro atoms. The molecule has 5 heteroatoms. The van der Waals surface area contributed by atoms with E-state index in [0.29, 0.717) is 16.3 Å². The number of methoxy groups -OCH3 is 1. The van der Waals surface area contributed by atoms with Crippen LogP contribution in [0.4, 0.5) is 4.39 Å². The summed E-state index contributed by atoms with van der Waals surface area (Å²) in [6.45, 7) is 0. The zero-order chi connectivity index (χ0) is 15.4. The van der Waals surface area contributed by atoms with E-state index in [1.807, 2.05) is 0 Å². The van der Waals surface area contributed by atoms with Crippen molar-refractivity contribution < 1.29 is 19.0 Å². The maximum Gasteiger partial charge on any atom is 0.311 e. The van der Waals surface area contributed by atoms with Crippen LogP contribution in [0.3, 0.4) is 0 Å². The third-order valence-corrected chi connectivity index (χ3v) is 3.53. The van der Waals surface area contributed by atoms with E-state index >= 15 is 0 Å². The number of carboxylic acids is 1. The molecule has 0 fully saturated rings. The molecule has 0 amide bonds. The summed E-state index contributed by atoms with van der Waals surface area (Å²) in [5.74, 6) is -2.05. The average Bonchev–Trinajstić information content (AvgIpc) is 2.45. The summed E-state index contributed by atoms with van der Waals surface area (Å²) in [6.07, 6.45) is 0.153. The van der Waals surface area contributed by atoms with Crippen LogP contribution in [-0.2, 0) is 11.2 Å². The molecule has 0 heterocycles. The topological polar surface area (TPSA) is 46.5 Å². The molecule has 1 atom stereocenters. The van der Waals surface area contributed by atoms with Crippen LogP contribution in [0.2, 0.25) is 5.02 Å². The summed E-state index contributed by atoms with van der Waals surface area (Å²) in [7, 11) is 1.50. The predicted molar refractivity (Wildman–Crippen MR) is 78.5 cm³/mol. The van der Waals surface area contributed by atoms with Gasteiger partial charge in [0.05, 0.1) is 18.1 Å². The van der Waals surface area contributed by atoms with Gasteiger partial charge in [-0.1, -0.05) is 35.9 Å². The van der Waals surface area contributed by atoms with Crippen LogP contribution in [0.15, 0.2) is 42.5 Å². The van der Waals surface area contributed by atoms with Gasteiger partial charge in [0.25, 0.3) is 0 Å². The highest BCUT2D eigenvalue weighted by Crippen LogP contribution is 2.29. The Morgan fingerprint density at radius 1 is 1.33 bits per heavy atom. The van der Waals surface area contributed by atoms with Crippen molar-refractivity contribution in [3.8, 4) is 5.75 Å². The number of benzene rings is 2. The molecule has 110 valence electrons. The van der Waals surface area contributed by atoms with Gasteiger partial charge in [0.1, 0.15) is 11.6 Å². The number of halogens is 2. The van der Waals surface area contributed by atoms with E-state index in [1.54, 1.807) is 24.3 Å². The lowest BCUT2D eigenvalue weighted by Crippen LogP contribution is -2.16. The molecule has 2 aromatic carbocycles. The average molecular weight is 309 g/mol. The zero-order valence-corrected chi connectivity index (χ0v) is 12.1. The van der Waals surface area contributed by atoms with Crippen molar-refractivity contribution in [2.75, 3.05) is 7.11 Å². The highest BCUT2D eigenvalue weighted by atomic mass is 35.5. The number of hydrogen-bond acceptors (Lipinski definition) is 2. The molecular weight excluding hydrogens is 295 g/mol. The fourth-order valence-corrected chi connectivity index (χ4v) is 2.44. The summed E-state index contributed by atoms with van der Waals surface area (Å²) >= 11 is 6.02. The largest absolute Gasteiger partial charge is 0.495 e. The van der Waals surface area contributed by atoms with Crippen LogP contribution < -0.4 is 4.74 Å². The maximum absolute atomic E-state index is 13.8. The Morgan fingerprint density at radius 2 is 2.05 bits per heavy atom. The van der Waals surface area contributed by atoms with Crippen LogP contribution in [0, 0.1) is 5.82 Å². The molecule has 1 N–H and O–H groups in total. The van der Waals surface area contributed by atoms with Crippen molar-refractivity contribution in [1.82, 2.24) is 0 Å². The van der Waals surface area contributed by atoms with Gasteiger partial charge in [0.2, 0.25) is 0 Å². The van der Waals surface area contributed by atoms with Crippen molar-refractivity contribution in [2.45, 2.75) is 12.3 Å². The maximum atomic E-state index is 13.8. The first kappa shape index (κ1) is 15.3. The molecule has 0 saturated carbocycles. The van der Waals surface area contributed by atoms with Gasteiger partial charge in [0, 0.05) is 5.56 Å². The second kappa shape index (κ2) is 6.59. The third kappa shape index (κ3) is 3.52. The SMILES string of the molecule is COc1ccc(CC(C(=O)O)c2ccccc2F)cc1Cl. The number of carboxylic acid groups (broad SMARTS) is 1. The van der Waals surface area contributed by atoms with E-state index in [2.05, 4.69) is 0 Å². The first-order valence-corrected chi connectivity index (χ1v) is 6.70. The molecule has 2 rings (SSSR count). The fourth-order valence-electron chi connectivity index (χ4n) is 2.16. The van der Waals surface area contributed by atoms with E-state index in [9.17, 15) is 14.3 Å². The van der Waals surface area contributed by atoms with Crippen LogP contribution >= 0.6 is 11.6 Å². The lowest BCUT2D eigenvalue weighted by atomic mass is 9.91. The molecule has 1 unspecified atom stereocenters. The van der Waals surface area contributed by atoms with Crippen LogP contribution in [0.25, 0.3) is 0 Å². The summed E-state index contributed by atoms with van der Waals surface area (Å²) in [5, 5.41) is 9.75. The van der Waals surface area contributed by atoms with Crippen molar-refractivity contribution in [2.24, 2.45) is 0 Å². The molecule has 0 saturated heterocycles. The van der Waals surface area contributed by atoms with Gasteiger partial charge in [-0.3, -0.25) is 4.79 Å². The van der Waals surface area contributed by atoms with Gasteiger partial charge >= 0.3 is 5.97 Å². The molecule has 0 bridgehead atoms. The van der Waals surface area contributed by atoms with Gasteiger partial charge in [0.15, 0.2) is 0 Å². The smallest absolute Gasteiger partial charge is 0.311 e. The summed E-state index contributed by atoms with van der Waals surface area (Å²) in [6, 6.07) is 10.9. The Kier molecular flexibility index (Phi) is 4.81. The van der Waals surface area contributed by atoms with Crippen LogP contribution in [0.1, 0.15) is 17.0 Å². The number of carbonyl (C=O) groups is 1. The highest BCUT2D eigenvalue weighted by Gasteiger charge is 2.23. The van der Waals surface area contributed by atoms with Gasteiger partial charge in [-0.15, -0.1) is 0 Å². The standard InChI is InChI=1S/C16H14ClFO3/c1-21-15-7-6-10(9-13(15)17)8-12(16(19)20)11-4-2-3-5-14(11)18/h2-7,9,12H,8H2,1H3,(H,19,20). The van der Waals surface area contributed by atoms with E-state index in [-0.39, 0.29) is 12.0 Å². The Morgan fingerprint density at radius 3 is 2.62 bits per heavy atom. The van der Waals surface area contributed by atoms with Gasteiger partial charge in [-0.05, 0) is 30.2 Å². The number of aliphatic carboxylic acids is 1. The number of hydrogen-bond donors (Lipinski definition) is 1. The normalized spacial score (nSPS) is 12.0. The first-order valence-electron chi connectivity index (χ1n) is 6.32. The monoisotopic (exact) mass is 308 g/mol. The summed E-state index contributed by atoms with van der Waals surface area (Å²) < 4.78 is 18.8. The second-order valence-electron chi connectivity index (χ2n) is 4.59. The molecular formula is C16H14ClFO3. The zero-order valence-electron chi connectivity index (χ0n) is 11.3. The third-order valence-electron chi connectivity index (χ3n) is 3.23. The fraction of sp³-hybridized carbons (Fsp3) is 0.188. The Labute approximate surface area is 126 Å². The molecule has 0 aliphatic carbocycles. The molecule has 3 nitrogen and oxygen atoms in total. The quantitative estimate of drug-likeness (QED) is 0.911. The van der Waals surface area contributed by atoms with E-state index in [4.69, 9.17) is 16.3 Å². The lowest BCUT2D eigenvalue weighted by Gasteiger charge is -2.14. The highest BCUT2D eigenvalue weighted by molar-refractivity contribution is 6.32. The Balaban J connectivity index is 2.31. The van der Waals surface area contributed by atoms with E-state index in [1.165, 1.54) is 25.3 Å².